The Hall–Kier alpha value is -2.85. The zero-order chi connectivity index (χ0) is 22.4. The van der Waals surface area contributed by atoms with Crippen LogP contribution in [0.3, 0.4) is 0 Å². The summed E-state index contributed by atoms with van der Waals surface area (Å²) in [7, 11) is 0. The molecule has 0 bridgehead atoms. The molecule has 0 fully saturated rings. The summed E-state index contributed by atoms with van der Waals surface area (Å²) >= 11 is -1.98. The third kappa shape index (κ3) is 8.89. The van der Waals surface area contributed by atoms with Crippen molar-refractivity contribution in [3.8, 4) is 0 Å². The van der Waals surface area contributed by atoms with Gasteiger partial charge in [-0.05, 0) is 0 Å². The Balaban J connectivity index is 0.000000227. The molecule has 5 aromatic rings. The average Bonchev–Trinajstić information content (AvgIpc) is 3.59. The number of carbonyl (C=O) groups is 1. The van der Waals surface area contributed by atoms with Crippen LogP contribution in [-0.2, 0) is 17.1 Å². The minimum atomic E-state index is -1.98. The summed E-state index contributed by atoms with van der Waals surface area (Å²) in [6.07, 6.45) is 0. The van der Waals surface area contributed by atoms with Crippen LogP contribution < -0.4 is 10.7 Å². The van der Waals surface area contributed by atoms with E-state index in [1.165, 1.54) is 10.7 Å². The Kier molecular flexibility index (Phi) is 12.1. The summed E-state index contributed by atoms with van der Waals surface area (Å²) < 4.78 is 4.59. The van der Waals surface area contributed by atoms with Crippen LogP contribution in [0.1, 0.15) is 10.4 Å². The molecule has 5 rings (SSSR count). The van der Waals surface area contributed by atoms with Gasteiger partial charge < -0.3 is 35.4 Å². The van der Waals surface area contributed by atoms with Crippen molar-refractivity contribution in [3.05, 3.63) is 151 Å². The third-order valence-corrected chi connectivity index (χ3v) is 12.2. The number of hydrogen-bond acceptors (Lipinski definition) is 1. The molecule has 0 aliphatic heterocycles. The Morgan fingerprint density at radius 3 is 1.27 bits per heavy atom. The zero-order valence-corrected chi connectivity index (χ0v) is 21.7. The van der Waals surface area contributed by atoms with Gasteiger partial charge >= 0.3 is 121 Å². The van der Waals surface area contributed by atoms with Gasteiger partial charge in [-0.25, -0.2) is 12.1 Å². The van der Waals surface area contributed by atoms with Crippen LogP contribution in [0, 0.1) is 24.3 Å². The van der Waals surface area contributed by atoms with Crippen molar-refractivity contribution in [2.24, 2.45) is 0 Å². The number of hydrogen-bond donors (Lipinski definition) is 1. The Morgan fingerprint density at radius 1 is 0.667 bits per heavy atom. The second-order valence-electron chi connectivity index (χ2n) is 6.63. The molecule has 0 aliphatic rings. The van der Waals surface area contributed by atoms with Crippen molar-refractivity contribution < 1.29 is 27.0 Å². The van der Waals surface area contributed by atoms with Gasteiger partial charge in [0.2, 0.25) is 0 Å². The van der Waals surface area contributed by atoms with Gasteiger partial charge in [0.1, 0.15) is 0 Å². The molecule has 0 spiro atoms. The van der Waals surface area contributed by atoms with E-state index in [9.17, 15) is 4.79 Å². The first-order chi connectivity index (χ1) is 15.8. The fourth-order valence-electron chi connectivity index (χ4n) is 3.01. The molecule has 0 aliphatic carbocycles. The Labute approximate surface area is 213 Å². The van der Waals surface area contributed by atoms with E-state index in [0.29, 0.717) is 5.56 Å². The summed E-state index contributed by atoms with van der Waals surface area (Å²) in [6.45, 7) is 0. The topological polar surface area (TPSA) is 37.3 Å². The fourth-order valence-corrected chi connectivity index (χ4v) is 10.4. The van der Waals surface area contributed by atoms with Crippen molar-refractivity contribution in [2.45, 2.75) is 0 Å². The van der Waals surface area contributed by atoms with E-state index >= 15 is 0 Å². The number of carboxylic acids is 1. The van der Waals surface area contributed by atoms with Crippen LogP contribution in [0.4, 0.5) is 0 Å². The molecule has 0 atom stereocenters. The van der Waals surface area contributed by atoms with Gasteiger partial charge in [0, 0.05) is 17.1 Å². The normalized spacial score (nSPS) is 9.48. The monoisotopic (exact) mass is 577 g/mol. The SMILES string of the molecule is O=C(O)[c-]1cccc1.[Fe].[c-]1[c-][c-][cH-][c-]1.c1cc[c]([Sn]([c]2ccccc2)[c]2ccccc2)cc1. The van der Waals surface area contributed by atoms with Gasteiger partial charge in [0.15, 0.2) is 0 Å². The summed E-state index contributed by atoms with van der Waals surface area (Å²) in [5.74, 6) is -0.866. The molecule has 167 valence electrons. The molecule has 4 heteroatoms. The standard InChI is InChI=1S/C6H5O2.3C6H5.C5H.Fe.Sn/c7-6(8)5-3-1-2-4-5;3*1-2-4-6-5-3-1;1-2-4-5-3-1;;/h1-4H,(H,7,8);3*1-5H;1H;;/q-1;;;;-5;;. The first-order valence-corrected chi connectivity index (χ1v) is 14.3. The van der Waals surface area contributed by atoms with Gasteiger partial charge in [-0.15, -0.1) is 0 Å². The van der Waals surface area contributed by atoms with E-state index < -0.39 is 25.7 Å². The van der Waals surface area contributed by atoms with E-state index in [-0.39, 0.29) is 17.1 Å². The molecule has 0 amide bonds. The minimum absolute atomic E-state index is 0. The van der Waals surface area contributed by atoms with Crippen LogP contribution >= 0.6 is 0 Å². The summed E-state index contributed by atoms with van der Waals surface area (Å²) in [5, 5.41) is 8.27. The molecule has 5 aromatic carbocycles. The summed E-state index contributed by atoms with van der Waals surface area (Å²) in [4.78, 5) is 10.1. The molecule has 1 N–H and O–H groups in total. The number of carboxylic acid groups (broad SMARTS) is 1. The van der Waals surface area contributed by atoms with Gasteiger partial charge in [-0.1, -0.05) is 5.56 Å². The molecule has 0 aromatic heterocycles. The summed E-state index contributed by atoms with van der Waals surface area (Å²) in [6, 6.07) is 51.5. The predicted molar refractivity (Wildman–Crippen MR) is 130 cm³/mol. The van der Waals surface area contributed by atoms with Crippen molar-refractivity contribution >= 4 is 36.5 Å². The molecule has 1 radical (unpaired) electrons. The van der Waals surface area contributed by atoms with Crippen LogP contribution in [-0.4, -0.2) is 30.8 Å². The molecule has 0 unspecified atom stereocenters. The fraction of sp³-hybridized carbons (Fsp3) is 0. The van der Waals surface area contributed by atoms with Crippen LogP contribution in [0.25, 0.3) is 0 Å². The second-order valence-corrected chi connectivity index (χ2v) is 13.7. The second kappa shape index (κ2) is 15.1. The van der Waals surface area contributed by atoms with Crippen molar-refractivity contribution in [3.63, 3.8) is 0 Å². The first-order valence-electron chi connectivity index (χ1n) is 10.1. The zero-order valence-electron chi connectivity index (χ0n) is 17.8. The van der Waals surface area contributed by atoms with Crippen LogP contribution in [0.2, 0.25) is 0 Å². The molecule has 33 heavy (non-hydrogen) atoms. The van der Waals surface area contributed by atoms with Crippen LogP contribution in [0.15, 0.2) is 121 Å². The molecular formula is C29H21FeO2Sn-6. The van der Waals surface area contributed by atoms with Crippen LogP contribution in [0.5, 0.6) is 0 Å². The molecule has 2 nitrogen and oxygen atoms in total. The van der Waals surface area contributed by atoms with E-state index in [2.05, 4.69) is 115 Å². The first kappa shape index (κ1) is 26.4. The van der Waals surface area contributed by atoms with Gasteiger partial charge in [-0.3, -0.25) is 4.79 Å². The van der Waals surface area contributed by atoms with Gasteiger partial charge in [-0.2, -0.15) is 12.1 Å². The van der Waals surface area contributed by atoms with Crippen molar-refractivity contribution in [1.82, 2.24) is 0 Å². The molecule has 0 saturated heterocycles. The van der Waals surface area contributed by atoms with Crippen molar-refractivity contribution in [1.29, 1.82) is 0 Å². The maximum atomic E-state index is 10.1. The van der Waals surface area contributed by atoms with Crippen molar-refractivity contribution in [2.75, 3.05) is 0 Å². The molecule has 0 heterocycles. The van der Waals surface area contributed by atoms with Gasteiger partial charge in [0.05, 0.1) is 0 Å². The Bertz CT molecular complexity index is 1010. The van der Waals surface area contributed by atoms with E-state index in [1.54, 1.807) is 30.3 Å². The average molecular weight is 576 g/mol. The maximum absolute atomic E-state index is 10.1. The molecule has 0 saturated carbocycles. The van der Waals surface area contributed by atoms with E-state index in [0.717, 1.165) is 0 Å². The van der Waals surface area contributed by atoms with E-state index in [1.807, 2.05) is 0 Å². The number of aromatic carboxylic acids is 1. The van der Waals surface area contributed by atoms with Gasteiger partial charge in [0.25, 0.3) is 5.97 Å². The quantitative estimate of drug-likeness (QED) is 0.261. The third-order valence-electron chi connectivity index (χ3n) is 4.45. The number of rotatable bonds is 4. The van der Waals surface area contributed by atoms with E-state index in [4.69, 9.17) is 5.11 Å². The summed E-state index contributed by atoms with van der Waals surface area (Å²) in [5.41, 5.74) is 0.352. The number of benzene rings is 3. The molecular weight excluding hydrogens is 555 g/mol. The Morgan fingerprint density at radius 2 is 1.03 bits per heavy atom. The predicted octanol–water partition coefficient (Wildman–Crippen LogP) is 3.91.